The van der Waals surface area contributed by atoms with Gasteiger partial charge in [-0.05, 0) is 85.8 Å². The normalized spacial score (nSPS) is 16.1. The standard InChI is InChI=1S/C25H27F7O/c1-2-3-4-5-6-16-12-20(26)19(21(27)13-16)10-8-15-7-9-18-17(11-15)14-22(28)24(23(18)29)33-25(30,31)32/h12-15H,2-11H2,1H3. The van der Waals surface area contributed by atoms with Gasteiger partial charge >= 0.3 is 6.36 Å². The number of aryl methyl sites for hydroxylation is 1. The molecule has 182 valence electrons. The Balaban J connectivity index is 1.64. The molecule has 0 fully saturated rings. The van der Waals surface area contributed by atoms with E-state index in [9.17, 15) is 30.7 Å². The molecule has 0 saturated carbocycles. The number of fused-ring (bicyclic) bond motifs is 1. The molecule has 3 rings (SSSR count). The zero-order chi connectivity index (χ0) is 24.2. The SMILES string of the molecule is CCCCCCc1cc(F)c(CCC2CCc3c(cc(F)c(OC(F)(F)F)c3F)C2)c(F)c1. The first-order chi connectivity index (χ1) is 15.6. The predicted molar refractivity (Wildman–Crippen MR) is 111 cm³/mol. The van der Waals surface area contributed by atoms with Crippen molar-refractivity contribution in [3.05, 3.63) is 63.7 Å². The third-order valence-electron chi connectivity index (χ3n) is 6.22. The van der Waals surface area contributed by atoms with E-state index in [1.807, 2.05) is 0 Å². The minimum absolute atomic E-state index is 0.00307. The lowest BCUT2D eigenvalue weighted by molar-refractivity contribution is -0.276. The molecule has 0 aliphatic heterocycles. The van der Waals surface area contributed by atoms with Crippen LogP contribution in [0.25, 0.3) is 0 Å². The minimum Gasteiger partial charge on any atom is -0.399 e. The number of hydrogen-bond donors (Lipinski definition) is 0. The van der Waals surface area contributed by atoms with E-state index in [4.69, 9.17) is 0 Å². The van der Waals surface area contributed by atoms with Gasteiger partial charge < -0.3 is 4.74 Å². The molecule has 1 aliphatic carbocycles. The summed E-state index contributed by atoms with van der Waals surface area (Å²) in [5.41, 5.74) is 0.875. The van der Waals surface area contributed by atoms with Crippen molar-refractivity contribution in [3.63, 3.8) is 0 Å². The summed E-state index contributed by atoms with van der Waals surface area (Å²) in [6.07, 6.45) is 0.716. The van der Waals surface area contributed by atoms with E-state index in [1.165, 1.54) is 12.1 Å². The number of benzene rings is 2. The van der Waals surface area contributed by atoms with Gasteiger partial charge in [-0.2, -0.15) is 0 Å². The Bertz CT molecular complexity index is 945. The topological polar surface area (TPSA) is 9.23 Å². The van der Waals surface area contributed by atoms with Gasteiger partial charge in [0.05, 0.1) is 0 Å². The average molecular weight is 476 g/mol. The third kappa shape index (κ3) is 6.64. The van der Waals surface area contributed by atoms with Gasteiger partial charge in [0.15, 0.2) is 11.6 Å². The number of halogens is 7. The molecular formula is C25H27F7O. The lowest BCUT2D eigenvalue weighted by atomic mass is 9.80. The van der Waals surface area contributed by atoms with Crippen LogP contribution in [0.5, 0.6) is 5.75 Å². The molecule has 0 bridgehead atoms. The van der Waals surface area contributed by atoms with Gasteiger partial charge in [0.1, 0.15) is 11.6 Å². The van der Waals surface area contributed by atoms with Crippen molar-refractivity contribution in [2.45, 2.75) is 77.5 Å². The maximum Gasteiger partial charge on any atom is 0.573 e. The molecule has 33 heavy (non-hydrogen) atoms. The Labute approximate surface area is 188 Å². The van der Waals surface area contributed by atoms with Crippen LogP contribution in [0.2, 0.25) is 0 Å². The smallest absolute Gasteiger partial charge is 0.399 e. The van der Waals surface area contributed by atoms with E-state index in [0.717, 1.165) is 31.7 Å². The number of ether oxygens (including phenoxy) is 1. The summed E-state index contributed by atoms with van der Waals surface area (Å²) in [4.78, 5) is 0. The van der Waals surface area contributed by atoms with Crippen molar-refractivity contribution in [1.82, 2.24) is 0 Å². The largest absolute Gasteiger partial charge is 0.573 e. The fraction of sp³-hybridized carbons (Fsp3) is 0.520. The third-order valence-corrected chi connectivity index (χ3v) is 6.22. The molecule has 0 N–H and O–H groups in total. The molecule has 8 heteroatoms. The number of hydrogen-bond acceptors (Lipinski definition) is 1. The van der Waals surface area contributed by atoms with Crippen LogP contribution >= 0.6 is 0 Å². The van der Waals surface area contributed by atoms with Crippen molar-refractivity contribution in [3.8, 4) is 5.75 Å². The summed E-state index contributed by atoms with van der Waals surface area (Å²) >= 11 is 0. The summed E-state index contributed by atoms with van der Waals surface area (Å²) < 4.78 is 98.3. The van der Waals surface area contributed by atoms with Crippen molar-refractivity contribution in [2.24, 2.45) is 5.92 Å². The lowest BCUT2D eigenvalue weighted by Crippen LogP contribution is -2.22. The van der Waals surface area contributed by atoms with Crippen LogP contribution < -0.4 is 4.74 Å². The second-order valence-electron chi connectivity index (χ2n) is 8.68. The van der Waals surface area contributed by atoms with E-state index >= 15 is 0 Å². The Morgan fingerprint density at radius 1 is 0.909 bits per heavy atom. The molecule has 0 spiro atoms. The number of rotatable bonds is 9. The van der Waals surface area contributed by atoms with E-state index in [-0.39, 0.29) is 41.9 Å². The van der Waals surface area contributed by atoms with E-state index in [0.29, 0.717) is 24.8 Å². The van der Waals surface area contributed by atoms with Crippen molar-refractivity contribution >= 4 is 0 Å². The molecule has 2 aromatic carbocycles. The van der Waals surface area contributed by atoms with Crippen LogP contribution in [0.4, 0.5) is 30.7 Å². The fourth-order valence-electron chi connectivity index (χ4n) is 4.50. The molecule has 0 amide bonds. The second-order valence-corrected chi connectivity index (χ2v) is 8.68. The lowest BCUT2D eigenvalue weighted by Gasteiger charge is -2.26. The molecule has 0 radical (unpaired) electrons. The molecule has 1 aliphatic rings. The van der Waals surface area contributed by atoms with Gasteiger partial charge in [0, 0.05) is 5.56 Å². The van der Waals surface area contributed by atoms with Gasteiger partial charge in [-0.1, -0.05) is 26.2 Å². The highest BCUT2D eigenvalue weighted by Gasteiger charge is 2.36. The first-order valence-electron chi connectivity index (χ1n) is 11.3. The molecule has 0 aromatic heterocycles. The van der Waals surface area contributed by atoms with Crippen LogP contribution in [0, 0.1) is 29.2 Å². The zero-order valence-corrected chi connectivity index (χ0v) is 18.4. The van der Waals surface area contributed by atoms with Gasteiger partial charge in [-0.25, -0.2) is 17.6 Å². The first kappa shape index (κ1) is 25.4. The minimum atomic E-state index is -5.20. The van der Waals surface area contributed by atoms with Gasteiger partial charge in [0.2, 0.25) is 5.75 Å². The number of alkyl halides is 3. The highest BCUT2D eigenvalue weighted by atomic mass is 19.4. The molecule has 0 saturated heterocycles. The van der Waals surface area contributed by atoms with Crippen LogP contribution in [0.15, 0.2) is 18.2 Å². The molecule has 2 aromatic rings. The number of unbranched alkanes of at least 4 members (excludes halogenated alkanes) is 3. The second kappa shape index (κ2) is 10.8. The molecule has 1 unspecified atom stereocenters. The Kier molecular flexibility index (Phi) is 8.29. The highest BCUT2D eigenvalue weighted by molar-refractivity contribution is 5.41. The Morgan fingerprint density at radius 2 is 1.61 bits per heavy atom. The molecule has 1 atom stereocenters. The molecule has 0 heterocycles. The van der Waals surface area contributed by atoms with Crippen LogP contribution in [-0.4, -0.2) is 6.36 Å². The first-order valence-corrected chi connectivity index (χ1v) is 11.3. The quantitative estimate of drug-likeness (QED) is 0.263. The van der Waals surface area contributed by atoms with E-state index in [1.54, 1.807) is 0 Å². The van der Waals surface area contributed by atoms with Crippen LogP contribution in [-0.2, 0) is 25.7 Å². The van der Waals surface area contributed by atoms with Gasteiger partial charge in [-0.3, -0.25) is 0 Å². The maximum atomic E-state index is 14.5. The summed E-state index contributed by atoms with van der Waals surface area (Å²) in [6, 6.07) is 3.60. The monoisotopic (exact) mass is 476 g/mol. The van der Waals surface area contributed by atoms with E-state index in [2.05, 4.69) is 11.7 Å². The Hall–Kier alpha value is -2.25. The summed E-state index contributed by atoms with van der Waals surface area (Å²) in [7, 11) is 0. The predicted octanol–water partition coefficient (Wildman–Crippen LogP) is 8.00. The fourth-order valence-corrected chi connectivity index (χ4v) is 4.50. The van der Waals surface area contributed by atoms with E-state index < -0.39 is 35.4 Å². The zero-order valence-electron chi connectivity index (χ0n) is 18.4. The van der Waals surface area contributed by atoms with Crippen molar-refractivity contribution in [2.75, 3.05) is 0 Å². The molecule has 1 nitrogen and oxygen atoms in total. The van der Waals surface area contributed by atoms with Crippen molar-refractivity contribution < 1.29 is 35.5 Å². The summed E-state index contributed by atoms with van der Waals surface area (Å²) in [6.45, 7) is 2.09. The van der Waals surface area contributed by atoms with Gasteiger partial charge in [-0.15, -0.1) is 13.2 Å². The molecular weight excluding hydrogens is 449 g/mol. The summed E-state index contributed by atoms with van der Waals surface area (Å²) in [5.74, 6) is -5.49. The van der Waals surface area contributed by atoms with Crippen molar-refractivity contribution in [1.29, 1.82) is 0 Å². The van der Waals surface area contributed by atoms with Crippen LogP contribution in [0.3, 0.4) is 0 Å². The maximum absolute atomic E-state index is 14.5. The average Bonchev–Trinajstić information content (AvgIpc) is 2.73. The Morgan fingerprint density at radius 3 is 2.24 bits per heavy atom. The summed E-state index contributed by atoms with van der Waals surface area (Å²) in [5, 5.41) is 0. The highest BCUT2D eigenvalue weighted by Crippen LogP contribution is 2.37. The van der Waals surface area contributed by atoms with Gasteiger partial charge in [0.25, 0.3) is 0 Å². The van der Waals surface area contributed by atoms with Crippen LogP contribution in [0.1, 0.15) is 67.7 Å².